The number of anilines is 1. The van der Waals surface area contributed by atoms with Crippen LogP contribution < -0.4 is 15.2 Å². The molecule has 0 aliphatic heterocycles. The van der Waals surface area contributed by atoms with E-state index in [9.17, 15) is 0 Å². The summed E-state index contributed by atoms with van der Waals surface area (Å²) in [5, 5.41) is 2.22. The van der Waals surface area contributed by atoms with Crippen LogP contribution in [0.1, 0.15) is 0 Å². The number of nitrogens with two attached hydrogens (primary N) is 1. The first kappa shape index (κ1) is 13.3. The summed E-state index contributed by atoms with van der Waals surface area (Å²) in [6, 6.07) is 18.1. The molecule has 0 saturated heterocycles. The molecule has 0 bridgehead atoms. The topological polar surface area (TPSA) is 44.5 Å². The van der Waals surface area contributed by atoms with E-state index in [1.165, 1.54) is 0 Å². The van der Waals surface area contributed by atoms with Gasteiger partial charge >= 0.3 is 0 Å². The van der Waals surface area contributed by atoms with Crippen LogP contribution in [0.15, 0.2) is 54.6 Å². The third-order valence-electron chi connectivity index (χ3n) is 3.58. The number of methoxy groups -OCH3 is 2. The number of rotatable bonds is 3. The molecule has 0 radical (unpaired) electrons. The predicted octanol–water partition coefficient (Wildman–Crippen LogP) is 4.11. The Bertz CT molecular complexity index is 796. The Balaban J connectivity index is 2.28. The average Bonchev–Trinajstić information content (AvgIpc) is 2.52. The van der Waals surface area contributed by atoms with E-state index in [0.717, 1.165) is 39.1 Å². The Morgan fingerprint density at radius 3 is 2.24 bits per heavy atom. The monoisotopic (exact) mass is 279 g/mol. The van der Waals surface area contributed by atoms with Crippen LogP contribution in [0.2, 0.25) is 0 Å². The van der Waals surface area contributed by atoms with Gasteiger partial charge in [-0.05, 0) is 46.2 Å². The van der Waals surface area contributed by atoms with E-state index in [1.807, 2.05) is 36.4 Å². The molecule has 106 valence electrons. The van der Waals surface area contributed by atoms with E-state index in [-0.39, 0.29) is 0 Å². The number of nitrogen functional groups attached to an aromatic ring is 1. The van der Waals surface area contributed by atoms with Gasteiger partial charge in [-0.15, -0.1) is 0 Å². The minimum absolute atomic E-state index is 0.723. The molecule has 0 heterocycles. The molecular weight excluding hydrogens is 262 g/mol. The Morgan fingerprint density at radius 1 is 0.810 bits per heavy atom. The number of hydrogen-bond donors (Lipinski definition) is 1. The highest BCUT2D eigenvalue weighted by Crippen LogP contribution is 2.37. The van der Waals surface area contributed by atoms with E-state index in [0.29, 0.717) is 0 Å². The molecule has 3 nitrogen and oxygen atoms in total. The second-order valence-electron chi connectivity index (χ2n) is 4.86. The summed E-state index contributed by atoms with van der Waals surface area (Å²) in [7, 11) is 3.29. The molecule has 0 unspecified atom stereocenters. The standard InChI is InChI=1S/C18H17NO2/c1-20-17-10-13-6-4-8-15(16(13)11-18(17)21-2)12-5-3-7-14(19)9-12/h3-11H,19H2,1-2H3. The number of ether oxygens (including phenoxy) is 2. The molecule has 0 aliphatic rings. The van der Waals surface area contributed by atoms with Crippen LogP contribution >= 0.6 is 0 Å². The molecule has 0 saturated carbocycles. The maximum atomic E-state index is 5.90. The van der Waals surface area contributed by atoms with Gasteiger partial charge in [0.2, 0.25) is 0 Å². The quantitative estimate of drug-likeness (QED) is 0.734. The second-order valence-corrected chi connectivity index (χ2v) is 4.86. The van der Waals surface area contributed by atoms with E-state index in [4.69, 9.17) is 15.2 Å². The first-order valence-corrected chi connectivity index (χ1v) is 6.73. The zero-order valence-corrected chi connectivity index (χ0v) is 12.1. The van der Waals surface area contributed by atoms with Crippen LogP contribution in [-0.2, 0) is 0 Å². The van der Waals surface area contributed by atoms with Gasteiger partial charge in [-0.1, -0.05) is 30.3 Å². The fourth-order valence-electron chi connectivity index (χ4n) is 2.56. The smallest absolute Gasteiger partial charge is 0.161 e. The largest absolute Gasteiger partial charge is 0.493 e. The molecule has 21 heavy (non-hydrogen) atoms. The van der Waals surface area contributed by atoms with Gasteiger partial charge in [0.1, 0.15) is 0 Å². The lowest BCUT2D eigenvalue weighted by Crippen LogP contribution is -1.92. The Kier molecular flexibility index (Phi) is 3.40. The summed E-state index contributed by atoms with van der Waals surface area (Å²) in [4.78, 5) is 0. The van der Waals surface area contributed by atoms with E-state index in [2.05, 4.69) is 18.2 Å². The maximum absolute atomic E-state index is 5.90. The molecule has 0 aromatic heterocycles. The first-order valence-electron chi connectivity index (χ1n) is 6.73. The van der Waals surface area contributed by atoms with Crippen LogP contribution in [0.25, 0.3) is 21.9 Å². The molecule has 0 fully saturated rings. The molecule has 0 amide bonds. The Labute approximate surface area is 123 Å². The zero-order valence-electron chi connectivity index (χ0n) is 12.1. The van der Waals surface area contributed by atoms with E-state index < -0.39 is 0 Å². The van der Waals surface area contributed by atoms with Crippen molar-refractivity contribution in [3.05, 3.63) is 54.6 Å². The van der Waals surface area contributed by atoms with E-state index >= 15 is 0 Å². The van der Waals surface area contributed by atoms with Crippen molar-refractivity contribution in [3.8, 4) is 22.6 Å². The molecular formula is C18H17NO2. The van der Waals surface area contributed by atoms with Gasteiger partial charge < -0.3 is 15.2 Å². The van der Waals surface area contributed by atoms with Crippen molar-refractivity contribution < 1.29 is 9.47 Å². The van der Waals surface area contributed by atoms with Crippen molar-refractivity contribution in [2.75, 3.05) is 20.0 Å². The van der Waals surface area contributed by atoms with Crippen LogP contribution in [0.3, 0.4) is 0 Å². The molecule has 3 rings (SSSR count). The third-order valence-corrected chi connectivity index (χ3v) is 3.58. The van der Waals surface area contributed by atoms with Crippen LogP contribution in [0.5, 0.6) is 11.5 Å². The lowest BCUT2D eigenvalue weighted by Gasteiger charge is -2.12. The van der Waals surface area contributed by atoms with Gasteiger partial charge in [0.25, 0.3) is 0 Å². The molecule has 2 N–H and O–H groups in total. The third kappa shape index (κ3) is 2.38. The summed E-state index contributed by atoms with van der Waals surface area (Å²) in [6.45, 7) is 0. The lowest BCUT2D eigenvalue weighted by molar-refractivity contribution is 0.356. The molecule has 3 aromatic carbocycles. The normalized spacial score (nSPS) is 10.6. The summed E-state index contributed by atoms with van der Waals surface area (Å²) in [5.41, 5.74) is 8.87. The van der Waals surface area contributed by atoms with Gasteiger partial charge in [0.05, 0.1) is 14.2 Å². The van der Waals surface area contributed by atoms with Gasteiger partial charge in [-0.25, -0.2) is 0 Å². The van der Waals surface area contributed by atoms with Gasteiger partial charge in [-0.2, -0.15) is 0 Å². The van der Waals surface area contributed by atoms with Crippen molar-refractivity contribution in [3.63, 3.8) is 0 Å². The maximum Gasteiger partial charge on any atom is 0.161 e. The first-order chi connectivity index (χ1) is 10.2. The predicted molar refractivity (Wildman–Crippen MR) is 86.9 cm³/mol. The van der Waals surface area contributed by atoms with Crippen molar-refractivity contribution in [2.45, 2.75) is 0 Å². The Morgan fingerprint density at radius 2 is 1.52 bits per heavy atom. The number of fused-ring (bicyclic) bond motifs is 1. The molecule has 0 aliphatic carbocycles. The van der Waals surface area contributed by atoms with Gasteiger partial charge in [0.15, 0.2) is 11.5 Å². The number of hydrogen-bond acceptors (Lipinski definition) is 3. The van der Waals surface area contributed by atoms with Crippen LogP contribution in [-0.4, -0.2) is 14.2 Å². The fourth-order valence-corrected chi connectivity index (χ4v) is 2.56. The zero-order chi connectivity index (χ0) is 14.8. The summed E-state index contributed by atoms with van der Waals surface area (Å²) in [5.74, 6) is 1.45. The van der Waals surface area contributed by atoms with Crippen molar-refractivity contribution in [1.29, 1.82) is 0 Å². The highest BCUT2D eigenvalue weighted by Gasteiger charge is 2.10. The average molecular weight is 279 g/mol. The molecule has 0 atom stereocenters. The second kappa shape index (κ2) is 5.37. The van der Waals surface area contributed by atoms with Crippen LogP contribution in [0.4, 0.5) is 5.69 Å². The van der Waals surface area contributed by atoms with Gasteiger partial charge in [-0.3, -0.25) is 0 Å². The van der Waals surface area contributed by atoms with Gasteiger partial charge in [0, 0.05) is 5.69 Å². The minimum Gasteiger partial charge on any atom is -0.493 e. The summed E-state index contributed by atoms with van der Waals surface area (Å²) < 4.78 is 10.8. The molecule has 3 heteroatoms. The molecule has 3 aromatic rings. The SMILES string of the molecule is COc1cc2cccc(-c3cccc(N)c3)c2cc1OC. The molecule has 0 spiro atoms. The highest BCUT2D eigenvalue weighted by atomic mass is 16.5. The Hall–Kier alpha value is -2.68. The van der Waals surface area contributed by atoms with Crippen molar-refractivity contribution in [1.82, 2.24) is 0 Å². The summed E-state index contributed by atoms with van der Waals surface area (Å²) in [6.07, 6.45) is 0. The minimum atomic E-state index is 0.723. The summed E-state index contributed by atoms with van der Waals surface area (Å²) >= 11 is 0. The van der Waals surface area contributed by atoms with Crippen molar-refractivity contribution in [2.24, 2.45) is 0 Å². The lowest BCUT2D eigenvalue weighted by atomic mass is 9.97. The van der Waals surface area contributed by atoms with Crippen molar-refractivity contribution >= 4 is 16.5 Å². The fraction of sp³-hybridized carbons (Fsp3) is 0.111. The highest BCUT2D eigenvalue weighted by molar-refractivity contribution is 5.98. The van der Waals surface area contributed by atoms with E-state index in [1.54, 1.807) is 14.2 Å². The number of benzene rings is 3. The van der Waals surface area contributed by atoms with Crippen LogP contribution in [0, 0.1) is 0 Å².